The lowest BCUT2D eigenvalue weighted by Gasteiger charge is -2.18. The number of hydrogen-bond acceptors (Lipinski definition) is 8. The second-order valence-electron chi connectivity index (χ2n) is 5.04. The van der Waals surface area contributed by atoms with Crippen molar-refractivity contribution in [3.8, 4) is 11.1 Å². The third-order valence-electron chi connectivity index (χ3n) is 3.47. The minimum atomic E-state index is -4.07. The third-order valence-corrected chi connectivity index (χ3v) is 4.33. The second-order valence-corrected chi connectivity index (χ2v) is 6.52. The standard InChI is InChI=1S/C13H15N7O3S/c14-11(21)8-3-1-2-7(6-8)9-4-5-16-13(24(15,22)23)10(9)12-17-19-20-18-12/h1-6,12,17-20H,(H2,14,21)(H2,15,22,23). The summed E-state index contributed by atoms with van der Waals surface area (Å²) in [4.78, 5) is 15.3. The maximum Gasteiger partial charge on any atom is 0.255 e. The predicted octanol–water partition coefficient (Wildman–Crippen LogP) is -1.39. The Balaban J connectivity index is 2.24. The number of hydrazine groups is 3. The van der Waals surface area contributed by atoms with E-state index in [1.807, 2.05) is 0 Å². The lowest BCUT2D eigenvalue weighted by atomic mass is 9.98. The van der Waals surface area contributed by atoms with Gasteiger partial charge in [-0.3, -0.25) is 4.79 Å². The van der Waals surface area contributed by atoms with Crippen LogP contribution in [0.5, 0.6) is 0 Å². The first-order valence-corrected chi connectivity index (χ1v) is 8.35. The zero-order valence-corrected chi connectivity index (χ0v) is 13.1. The Bertz CT molecular complexity index is 894. The van der Waals surface area contributed by atoms with Gasteiger partial charge in [0.15, 0.2) is 5.03 Å². The van der Waals surface area contributed by atoms with E-state index >= 15 is 0 Å². The van der Waals surface area contributed by atoms with Crippen LogP contribution in [0.25, 0.3) is 11.1 Å². The van der Waals surface area contributed by atoms with Gasteiger partial charge >= 0.3 is 0 Å². The van der Waals surface area contributed by atoms with Crippen molar-refractivity contribution in [1.82, 2.24) is 26.9 Å². The molecule has 1 fully saturated rings. The van der Waals surface area contributed by atoms with Gasteiger partial charge in [0.2, 0.25) is 5.91 Å². The molecule has 0 atom stereocenters. The molecule has 11 heteroatoms. The minimum absolute atomic E-state index is 0.278. The normalized spacial score (nSPS) is 15.5. The summed E-state index contributed by atoms with van der Waals surface area (Å²) in [5.74, 6) is -0.584. The fourth-order valence-electron chi connectivity index (χ4n) is 2.45. The van der Waals surface area contributed by atoms with E-state index in [9.17, 15) is 13.2 Å². The van der Waals surface area contributed by atoms with Crippen molar-refractivity contribution in [2.45, 2.75) is 11.2 Å². The number of carbonyl (C=O) groups is 1. The molecule has 1 aliphatic heterocycles. The lowest BCUT2D eigenvalue weighted by molar-refractivity contribution is 0.100. The highest BCUT2D eigenvalue weighted by Crippen LogP contribution is 2.31. The molecular weight excluding hydrogens is 334 g/mol. The highest BCUT2D eigenvalue weighted by molar-refractivity contribution is 7.89. The predicted molar refractivity (Wildman–Crippen MR) is 84.8 cm³/mol. The van der Waals surface area contributed by atoms with Gasteiger partial charge in [0, 0.05) is 17.3 Å². The largest absolute Gasteiger partial charge is 0.366 e. The number of sulfonamides is 1. The fraction of sp³-hybridized carbons (Fsp3) is 0.0769. The van der Waals surface area contributed by atoms with E-state index in [2.05, 4.69) is 26.9 Å². The summed E-state index contributed by atoms with van der Waals surface area (Å²) in [5, 5.41) is 5.01. The lowest BCUT2D eigenvalue weighted by Crippen LogP contribution is -2.33. The Morgan fingerprint density at radius 2 is 1.88 bits per heavy atom. The number of aromatic nitrogens is 1. The Morgan fingerprint density at radius 3 is 2.50 bits per heavy atom. The fourth-order valence-corrected chi connectivity index (χ4v) is 3.19. The van der Waals surface area contributed by atoms with Crippen LogP contribution in [-0.4, -0.2) is 19.3 Å². The van der Waals surface area contributed by atoms with Crippen molar-refractivity contribution in [2.24, 2.45) is 10.9 Å². The van der Waals surface area contributed by atoms with Crippen molar-refractivity contribution in [1.29, 1.82) is 0 Å². The average molecular weight is 349 g/mol. The maximum atomic E-state index is 11.9. The van der Waals surface area contributed by atoms with Crippen LogP contribution in [0.2, 0.25) is 0 Å². The van der Waals surface area contributed by atoms with E-state index < -0.39 is 22.1 Å². The molecule has 10 nitrogen and oxygen atoms in total. The summed E-state index contributed by atoms with van der Waals surface area (Å²) in [5.41, 5.74) is 17.9. The summed E-state index contributed by atoms with van der Waals surface area (Å²) in [6.45, 7) is 0. The number of nitrogens with one attached hydrogen (secondary N) is 4. The molecule has 0 saturated carbocycles. The summed E-state index contributed by atoms with van der Waals surface area (Å²) in [6, 6.07) is 8.16. The molecule has 0 spiro atoms. The topological polar surface area (TPSA) is 164 Å². The molecule has 1 aromatic heterocycles. The molecule has 0 bridgehead atoms. The summed E-state index contributed by atoms with van der Waals surface area (Å²) >= 11 is 0. The number of benzene rings is 1. The molecule has 0 aliphatic carbocycles. The molecule has 126 valence electrons. The SMILES string of the molecule is NC(=O)c1cccc(-c2ccnc(S(N)(=O)=O)c2C2NNNN2)c1. The van der Waals surface area contributed by atoms with E-state index in [0.717, 1.165) is 0 Å². The van der Waals surface area contributed by atoms with Crippen LogP contribution in [0.4, 0.5) is 0 Å². The second kappa shape index (κ2) is 6.24. The van der Waals surface area contributed by atoms with E-state index in [1.54, 1.807) is 30.3 Å². The quantitative estimate of drug-likeness (QED) is 0.393. The number of amides is 1. The van der Waals surface area contributed by atoms with Crippen molar-refractivity contribution < 1.29 is 13.2 Å². The van der Waals surface area contributed by atoms with Gasteiger partial charge < -0.3 is 5.73 Å². The zero-order valence-electron chi connectivity index (χ0n) is 12.3. The van der Waals surface area contributed by atoms with E-state index in [1.165, 1.54) is 6.20 Å². The Morgan fingerprint density at radius 1 is 1.17 bits per heavy atom. The van der Waals surface area contributed by atoms with Crippen LogP contribution in [-0.2, 0) is 10.0 Å². The van der Waals surface area contributed by atoms with E-state index in [4.69, 9.17) is 10.9 Å². The van der Waals surface area contributed by atoms with Gasteiger partial charge in [-0.2, -0.15) is 11.1 Å². The molecule has 1 saturated heterocycles. The molecule has 0 unspecified atom stereocenters. The Hall–Kier alpha value is -2.41. The minimum Gasteiger partial charge on any atom is -0.366 e. The third kappa shape index (κ3) is 3.12. The number of primary amides is 1. The van der Waals surface area contributed by atoms with Gasteiger partial charge in [-0.25, -0.2) is 29.4 Å². The van der Waals surface area contributed by atoms with E-state index in [-0.39, 0.29) is 5.03 Å². The summed E-state index contributed by atoms with van der Waals surface area (Å²) in [7, 11) is -4.07. The Labute approximate surface area is 137 Å². The van der Waals surface area contributed by atoms with Crippen molar-refractivity contribution in [2.75, 3.05) is 0 Å². The van der Waals surface area contributed by atoms with Crippen LogP contribution in [0.15, 0.2) is 41.6 Å². The molecule has 24 heavy (non-hydrogen) atoms. The molecule has 2 aromatic rings. The van der Waals surface area contributed by atoms with Gasteiger partial charge in [0.1, 0.15) is 6.17 Å². The first-order chi connectivity index (χ1) is 11.4. The molecular formula is C13H15N7O3S. The Kier molecular flexibility index (Phi) is 4.28. The maximum absolute atomic E-state index is 11.9. The van der Waals surface area contributed by atoms with Gasteiger partial charge in [-0.15, -0.1) is 0 Å². The molecule has 1 aromatic carbocycles. The van der Waals surface area contributed by atoms with Gasteiger partial charge in [-0.1, -0.05) is 12.1 Å². The number of primary sulfonamides is 1. The van der Waals surface area contributed by atoms with Gasteiger partial charge in [-0.05, 0) is 29.3 Å². The number of hydrogen-bond donors (Lipinski definition) is 6. The number of carbonyl (C=O) groups excluding carboxylic acids is 1. The average Bonchev–Trinajstić information content (AvgIpc) is 3.07. The molecule has 1 amide bonds. The summed E-state index contributed by atoms with van der Waals surface area (Å²) in [6.07, 6.45) is 0.713. The molecule has 2 heterocycles. The number of pyridine rings is 1. The van der Waals surface area contributed by atoms with Gasteiger partial charge in [0.05, 0.1) is 0 Å². The highest BCUT2D eigenvalue weighted by Gasteiger charge is 2.28. The molecule has 0 radical (unpaired) electrons. The van der Waals surface area contributed by atoms with Crippen molar-refractivity contribution >= 4 is 15.9 Å². The van der Waals surface area contributed by atoms with Crippen molar-refractivity contribution in [3.05, 3.63) is 47.7 Å². The van der Waals surface area contributed by atoms with Crippen LogP contribution in [0.1, 0.15) is 22.1 Å². The number of nitrogens with two attached hydrogens (primary N) is 2. The van der Waals surface area contributed by atoms with Gasteiger partial charge in [0.25, 0.3) is 10.0 Å². The monoisotopic (exact) mass is 349 g/mol. The number of nitrogens with zero attached hydrogens (tertiary/aromatic N) is 1. The molecule has 1 aliphatic rings. The summed E-state index contributed by atoms with van der Waals surface area (Å²) < 4.78 is 23.8. The molecule has 8 N–H and O–H groups in total. The first kappa shape index (κ1) is 16.4. The first-order valence-electron chi connectivity index (χ1n) is 6.81. The van der Waals surface area contributed by atoms with E-state index in [0.29, 0.717) is 22.3 Å². The van der Waals surface area contributed by atoms with Crippen LogP contribution in [0, 0.1) is 0 Å². The number of rotatable bonds is 4. The van der Waals surface area contributed by atoms with Crippen LogP contribution >= 0.6 is 0 Å². The highest BCUT2D eigenvalue weighted by atomic mass is 32.2. The van der Waals surface area contributed by atoms with Crippen LogP contribution < -0.4 is 32.8 Å². The van der Waals surface area contributed by atoms with Crippen molar-refractivity contribution in [3.63, 3.8) is 0 Å². The van der Waals surface area contributed by atoms with Crippen LogP contribution in [0.3, 0.4) is 0 Å². The molecule has 3 rings (SSSR count). The smallest absolute Gasteiger partial charge is 0.255 e. The zero-order chi connectivity index (χ0) is 17.3.